The summed E-state index contributed by atoms with van der Waals surface area (Å²) in [7, 11) is 1.59. The van der Waals surface area contributed by atoms with E-state index >= 15 is 0 Å². The van der Waals surface area contributed by atoms with Crippen LogP contribution < -0.4 is 14.9 Å². The topological polar surface area (TPSA) is 65.7 Å². The first-order chi connectivity index (χ1) is 16.0. The van der Waals surface area contributed by atoms with Crippen LogP contribution in [0.5, 0.6) is 11.5 Å². The van der Waals surface area contributed by atoms with E-state index in [1.54, 1.807) is 49.6 Å². The van der Waals surface area contributed by atoms with Crippen molar-refractivity contribution in [3.8, 4) is 11.5 Å². The summed E-state index contributed by atoms with van der Waals surface area (Å²) in [6.07, 6.45) is 5.07. The predicted octanol–water partition coefficient (Wildman–Crippen LogP) is 6.20. The first-order valence-electron chi connectivity index (χ1n) is 10.6. The molecule has 166 valence electrons. The van der Waals surface area contributed by atoms with Crippen LogP contribution in [0.25, 0.3) is 28.0 Å². The number of hydrogen-bond acceptors (Lipinski definition) is 5. The van der Waals surface area contributed by atoms with Crippen molar-refractivity contribution in [2.24, 2.45) is 0 Å². The molecule has 4 aromatic rings. The van der Waals surface area contributed by atoms with Crippen molar-refractivity contribution in [1.29, 1.82) is 0 Å². The Bertz CT molecular complexity index is 1450. The lowest BCUT2D eigenvalue weighted by Gasteiger charge is -2.11. The monoisotopic (exact) mass is 440 g/mol. The quantitative estimate of drug-likeness (QED) is 0.148. The van der Waals surface area contributed by atoms with Crippen molar-refractivity contribution >= 4 is 33.8 Å². The smallest absolute Gasteiger partial charge is 0.200 e. The average molecular weight is 440 g/mol. The van der Waals surface area contributed by atoms with E-state index in [2.05, 4.69) is 0 Å². The molecule has 33 heavy (non-hydrogen) atoms. The van der Waals surface area contributed by atoms with E-state index in [-0.39, 0.29) is 22.4 Å². The van der Waals surface area contributed by atoms with Crippen molar-refractivity contribution < 1.29 is 18.7 Å². The minimum atomic E-state index is -0.325. The van der Waals surface area contributed by atoms with Gasteiger partial charge in [-0.05, 0) is 68.0 Å². The first-order valence-corrected chi connectivity index (χ1v) is 10.6. The Morgan fingerprint density at radius 1 is 1.00 bits per heavy atom. The molecule has 5 nitrogen and oxygen atoms in total. The van der Waals surface area contributed by atoms with E-state index in [0.717, 1.165) is 11.1 Å². The van der Waals surface area contributed by atoms with Crippen molar-refractivity contribution in [1.82, 2.24) is 0 Å². The number of ketones is 1. The highest BCUT2D eigenvalue weighted by Crippen LogP contribution is 2.30. The van der Waals surface area contributed by atoms with Gasteiger partial charge in [0.05, 0.1) is 17.9 Å². The molecule has 5 heteroatoms. The summed E-state index contributed by atoms with van der Waals surface area (Å²) in [4.78, 5) is 26.4. The fourth-order valence-electron chi connectivity index (χ4n) is 3.50. The number of fused-ring (bicyclic) bond motifs is 2. The lowest BCUT2D eigenvalue weighted by molar-refractivity contribution is 0.104. The van der Waals surface area contributed by atoms with Gasteiger partial charge in [-0.3, -0.25) is 9.59 Å². The molecule has 0 radical (unpaired) electrons. The van der Waals surface area contributed by atoms with Gasteiger partial charge in [-0.15, -0.1) is 0 Å². The van der Waals surface area contributed by atoms with Gasteiger partial charge in [0.25, 0.3) is 0 Å². The van der Waals surface area contributed by atoms with Crippen LogP contribution in [0.15, 0.2) is 87.6 Å². The maximum Gasteiger partial charge on any atom is 0.200 e. The van der Waals surface area contributed by atoms with Gasteiger partial charge in [0.1, 0.15) is 29.3 Å². The molecule has 4 rings (SSSR count). The van der Waals surface area contributed by atoms with Gasteiger partial charge in [0.15, 0.2) is 11.4 Å². The fourth-order valence-corrected chi connectivity index (χ4v) is 3.50. The van der Waals surface area contributed by atoms with E-state index in [1.165, 1.54) is 6.08 Å². The van der Waals surface area contributed by atoms with Gasteiger partial charge in [-0.2, -0.15) is 0 Å². The van der Waals surface area contributed by atoms with Gasteiger partial charge in [0.2, 0.25) is 5.43 Å². The number of methoxy groups -OCH3 is 1. The molecular weight excluding hydrogens is 416 g/mol. The summed E-state index contributed by atoms with van der Waals surface area (Å²) in [5, 5.41) is 0.801. The standard InChI is InChI=1S/C28H24O5/c1-18(2)15-16-32-25-14-12-22-27(30)21-9-4-5-10-24(21)33-28(22)26(25)23(29)13-11-19-7-6-8-20(17-19)31-3/h4-15,17H,16H2,1-3H3/b13-11+. The first kappa shape index (κ1) is 22.1. The Balaban J connectivity index is 1.86. The third kappa shape index (κ3) is 4.72. The number of rotatable bonds is 7. The largest absolute Gasteiger partial charge is 0.497 e. The fraction of sp³-hybridized carbons (Fsp3) is 0.143. The molecule has 3 aromatic carbocycles. The number of hydrogen-bond donors (Lipinski definition) is 0. The minimum Gasteiger partial charge on any atom is -0.497 e. The Labute approximate surface area is 191 Å². The molecule has 0 bridgehead atoms. The predicted molar refractivity (Wildman–Crippen MR) is 131 cm³/mol. The Morgan fingerprint density at radius 3 is 2.61 bits per heavy atom. The molecular formula is C28H24O5. The third-order valence-corrected chi connectivity index (χ3v) is 5.21. The second-order valence-electron chi connectivity index (χ2n) is 7.81. The molecule has 0 amide bonds. The number of para-hydroxylation sites is 1. The van der Waals surface area contributed by atoms with Crippen LogP contribution in [0.2, 0.25) is 0 Å². The van der Waals surface area contributed by atoms with Crippen LogP contribution in [0, 0.1) is 0 Å². The van der Waals surface area contributed by atoms with Crippen molar-refractivity contribution in [3.05, 3.63) is 99.7 Å². The molecule has 0 atom stereocenters. The number of allylic oxidation sites excluding steroid dienone is 2. The molecule has 0 fully saturated rings. The molecule has 1 aromatic heterocycles. The second-order valence-corrected chi connectivity index (χ2v) is 7.81. The lowest BCUT2D eigenvalue weighted by Crippen LogP contribution is -2.08. The zero-order valence-corrected chi connectivity index (χ0v) is 18.8. The van der Waals surface area contributed by atoms with E-state index in [0.29, 0.717) is 34.5 Å². The Kier molecular flexibility index (Phi) is 6.41. The molecule has 0 N–H and O–H groups in total. The lowest BCUT2D eigenvalue weighted by atomic mass is 10.0. The van der Waals surface area contributed by atoms with E-state index in [9.17, 15) is 9.59 Å². The SMILES string of the molecule is COc1cccc(/C=C/C(=O)c2c(OCC=C(C)C)ccc3c(=O)c4ccccc4oc23)c1. The highest BCUT2D eigenvalue weighted by atomic mass is 16.5. The summed E-state index contributed by atoms with van der Waals surface area (Å²) >= 11 is 0. The van der Waals surface area contributed by atoms with Gasteiger partial charge < -0.3 is 13.9 Å². The van der Waals surface area contributed by atoms with Crippen LogP contribution in [-0.4, -0.2) is 19.5 Å². The van der Waals surface area contributed by atoms with Crippen LogP contribution in [-0.2, 0) is 0 Å². The molecule has 1 heterocycles. The summed E-state index contributed by atoms with van der Waals surface area (Å²) in [5.74, 6) is 0.728. The van der Waals surface area contributed by atoms with Crippen LogP contribution in [0.4, 0.5) is 0 Å². The molecule has 0 aliphatic carbocycles. The third-order valence-electron chi connectivity index (χ3n) is 5.21. The van der Waals surface area contributed by atoms with E-state index in [1.807, 2.05) is 44.2 Å². The maximum absolute atomic E-state index is 13.4. The minimum absolute atomic E-state index is 0.187. The molecule has 0 aliphatic heterocycles. The Morgan fingerprint density at radius 2 is 1.82 bits per heavy atom. The van der Waals surface area contributed by atoms with Crippen LogP contribution in [0.3, 0.4) is 0 Å². The van der Waals surface area contributed by atoms with Crippen LogP contribution >= 0.6 is 0 Å². The highest BCUT2D eigenvalue weighted by Gasteiger charge is 2.20. The second kappa shape index (κ2) is 9.57. The summed E-state index contributed by atoms with van der Waals surface area (Å²) in [6.45, 7) is 4.24. The van der Waals surface area contributed by atoms with Crippen molar-refractivity contribution in [2.75, 3.05) is 13.7 Å². The van der Waals surface area contributed by atoms with Crippen molar-refractivity contribution in [2.45, 2.75) is 13.8 Å². The van der Waals surface area contributed by atoms with Gasteiger partial charge in [-0.1, -0.05) is 35.9 Å². The zero-order valence-electron chi connectivity index (χ0n) is 18.8. The van der Waals surface area contributed by atoms with E-state index < -0.39 is 0 Å². The molecule has 0 unspecified atom stereocenters. The van der Waals surface area contributed by atoms with Gasteiger partial charge in [-0.25, -0.2) is 0 Å². The molecule has 0 saturated heterocycles. The molecule has 0 spiro atoms. The number of carbonyl (C=O) groups excluding carboxylic acids is 1. The van der Waals surface area contributed by atoms with Crippen LogP contribution in [0.1, 0.15) is 29.8 Å². The van der Waals surface area contributed by atoms with Gasteiger partial charge >= 0.3 is 0 Å². The molecule has 0 aliphatic rings. The van der Waals surface area contributed by atoms with Crippen molar-refractivity contribution in [3.63, 3.8) is 0 Å². The maximum atomic E-state index is 13.4. The highest BCUT2D eigenvalue weighted by molar-refractivity contribution is 6.16. The summed E-state index contributed by atoms with van der Waals surface area (Å²) < 4.78 is 17.2. The number of carbonyl (C=O) groups is 1. The number of ether oxygens (including phenoxy) is 2. The van der Waals surface area contributed by atoms with E-state index in [4.69, 9.17) is 13.9 Å². The van der Waals surface area contributed by atoms with Gasteiger partial charge in [0, 0.05) is 0 Å². The molecule has 0 saturated carbocycles. The average Bonchev–Trinajstić information content (AvgIpc) is 2.82. The number of benzene rings is 3. The normalized spacial score (nSPS) is 11.1. The summed E-state index contributed by atoms with van der Waals surface area (Å²) in [6, 6.07) is 17.7. The Hall–Kier alpha value is -4.12. The summed E-state index contributed by atoms with van der Waals surface area (Å²) in [5.41, 5.74) is 2.57. The zero-order chi connectivity index (χ0) is 23.4.